The third-order valence-corrected chi connectivity index (χ3v) is 4.20. The van der Waals surface area contributed by atoms with Gasteiger partial charge in [-0.1, -0.05) is 25.6 Å². The molecule has 1 amide bonds. The van der Waals surface area contributed by atoms with Gasteiger partial charge in [0.15, 0.2) is 0 Å². The van der Waals surface area contributed by atoms with E-state index in [1.807, 2.05) is 6.92 Å². The van der Waals surface area contributed by atoms with Crippen molar-refractivity contribution >= 4 is 17.7 Å². The van der Waals surface area contributed by atoms with Crippen LogP contribution in [0.5, 0.6) is 0 Å². The van der Waals surface area contributed by atoms with Crippen LogP contribution in [0.25, 0.3) is 0 Å². The standard InChI is InChI=1S/C13H24N6OS/c1-9(2)8-14-6-7-19-13(16-17-18-19)21-10(3)12(20)15-11-4-5-11/h9-11,14H,4-8H2,1-3H3,(H,15,20). The number of aromatic nitrogens is 4. The van der Waals surface area contributed by atoms with Gasteiger partial charge < -0.3 is 10.6 Å². The summed E-state index contributed by atoms with van der Waals surface area (Å²) in [5.41, 5.74) is 0. The molecule has 1 fully saturated rings. The van der Waals surface area contributed by atoms with Crippen molar-refractivity contribution in [3.8, 4) is 0 Å². The Labute approximate surface area is 129 Å². The van der Waals surface area contributed by atoms with Gasteiger partial charge in [0.25, 0.3) is 0 Å². The SMILES string of the molecule is CC(C)CNCCn1nnnc1SC(C)C(=O)NC1CC1. The lowest BCUT2D eigenvalue weighted by Crippen LogP contribution is -2.32. The number of rotatable bonds is 9. The molecule has 1 aliphatic carbocycles. The van der Waals surface area contributed by atoms with Crippen LogP contribution in [-0.4, -0.2) is 50.5 Å². The molecule has 2 rings (SSSR count). The highest BCUT2D eigenvalue weighted by Gasteiger charge is 2.26. The van der Waals surface area contributed by atoms with Crippen molar-refractivity contribution in [1.82, 2.24) is 30.8 Å². The lowest BCUT2D eigenvalue weighted by atomic mass is 10.2. The summed E-state index contributed by atoms with van der Waals surface area (Å²) in [7, 11) is 0. The average molecular weight is 312 g/mol. The zero-order valence-corrected chi connectivity index (χ0v) is 13.7. The van der Waals surface area contributed by atoms with Crippen molar-refractivity contribution in [3.05, 3.63) is 0 Å². The summed E-state index contributed by atoms with van der Waals surface area (Å²) in [6.07, 6.45) is 2.20. The van der Waals surface area contributed by atoms with E-state index in [9.17, 15) is 4.79 Å². The highest BCUT2D eigenvalue weighted by Crippen LogP contribution is 2.23. The van der Waals surface area contributed by atoms with Gasteiger partial charge >= 0.3 is 0 Å². The summed E-state index contributed by atoms with van der Waals surface area (Å²) in [6, 6.07) is 0.386. The number of nitrogens with one attached hydrogen (secondary N) is 2. The number of carbonyl (C=O) groups is 1. The zero-order valence-electron chi connectivity index (χ0n) is 12.9. The maximum absolute atomic E-state index is 11.9. The van der Waals surface area contributed by atoms with E-state index in [-0.39, 0.29) is 11.2 Å². The van der Waals surface area contributed by atoms with E-state index < -0.39 is 0 Å². The smallest absolute Gasteiger partial charge is 0.233 e. The number of nitrogens with zero attached hydrogens (tertiary/aromatic N) is 4. The predicted molar refractivity (Wildman–Crippen MR) is 82.0 cm³/mol. The van der Waals surface area contributed by atoms with Crippen LogP contribution in [0.4, 0.5) is 0 Å². The molecule has 1 aliphatic rings. The van der Waals surface area contributed by atoms with E-state index in [1.165, 1.54) is 11.8 Å². The molecule has 0 spiro atoms. The Morgan fingerprint density at radius 2 is 2.19 bits per heavy atom. The number of hydrogen-bond donors (Lipinski definition) is 2. The van der Waals surface area contributed by atoms with Crippen molar-refractivity contribution in [1.29, 1.82) is 0 Å². The number of thioether (sulfide) groups is 1. The van der Waals surface area contributed by atoms with Gasteiger partial charge in [0.2, 0.25) is 11.1 Å². The molecule has 1 heterocycles. The van der Waals surface area contributed by atoms with Gasteiger partial charge in [-0.05, 0) is 42.7 Å². The highest BCUT2D eigenvalue weighted by atomic mass is 32.2. The van der Waals surface area contributed by atoms with Gasteiger partial charge in [0, 0.05) is 12.6 Å². The molecule has 2 N–H and O–H groups in total. The van der Waals surface area contributed by atoms with Crippen molar-refractivity contribution in [2.24, 2.45) is 5.92 Å². The molecular formula is C13H24N6OS. The number of hydrogen-bond acceptors (Lipinski definition) is 6. The molecule has 1 atom stereocenters. The second kappa shape index (κ2) is 7.74. The Balaban J connectivity index is 1.77. The average Bonchev–Trinajstić information content (AvgIpc) is 3.13. The van der Waals surface area contributed by atoms with Crippen LogP contribution in [0.15, 0.2) is 5.16 Å². The molecule has 1 aromatic rings. The molecule has 21 heavy (non-hydrogen) atoms. The Hall–Kier alpha value is -1.15. The molecule has 7 nitrogen and oxygen atoms in total. The van der Waals surface area contributed by atoms with Gasteiger partial charge in [0.1, 0.15) is 0 Å². The first-order valence-corrected chi connectivity index (χ1v) is 8.38. The van der Waals surface area contributed by atoms with E-state index in [1.54, 1.807) is 4.68 Å². The Bertz CT molecular complexity index is 459. The third kappa shape index (κ3) is 5.62. The molecule has 1 aromatic heterocycles. The van der Waals surface area contributed by atoms with E-state index in [0.29, 0.717) is 23.7 Å². The van der Waals surface area contributed by atoms with Crippen LogP contribution in [-0.2, 0) is 11.3 Å². The van der Waals surface area contributed by atoms with E-state index in [4.69, 9.17) is 0 Å². The second-order valence-corrected chi connectivity index (χ2v) is 7.13. The van der Waals surface area contributed by atoms with Gasteiger partial charge in [-0.25, -0.2) is 4.68 Å². The van der Waals surface area contributed by atoms with Crippen LogP contribution in [0.1, 0.15) is 33.6 Å². The van der Waals surface area contributed by atoms with Gasteiger partial charge in [0.05, 0.1) is 11.8 Å². The minimum Gasteiger partial charge on any atom is -0.352 e. The van der Waals surface area contributed by atoms with Gasteiger partial charge in [-0.15, -0.1) is 5.10 Å². The molecule has 1 saturated carbocycles. The summed E-state index contributed by atoms with van der Waals surface area (Å²) in [6.45, 7) is 8.73. The second-order valence-electron chi connectivity index (χ2n) is 5.83. The summed E-state index contributed by atoms with van der Waals surface area (Å²) >= 11 is 1.41. The molecular weight excluding hydrogens is 288 g/mol. The van der Waals surface area contributed by atoms with E-state index in [2.05, 4.69) is 40.0 Å². The van der Waals surface area contributed by atoms with Gasteiger partial charge in [-0.2, -0.15) is 0 Å². The maximum Gasteiger partial charge on any atom is 0.233 e. The van der Waals surface area contributed by atoms with Crippen LogP contribution < -0.4 is 10.6 Å². The molecule has 0 bridgehead atoms. The Kier molecular flexibility index (Phi) is 5.98. The highest BCUT2D eigenvalue weighted by molar-refractivity contribution is 8.00. The predicted octanol–water partition coefficient (Wildman–Crippen LogP) is 0.678. The van der Waals surface area contributed by atoms with Crippen molar-refractivity contribution in [2.45, 2.75) is 56.6 Å². The fraction of sp³-hybridized carbons (Fsp3) is 0.846. The van der Waals surface area contributed by atoms with E-state index >= 15 is 0 Å². The lowest BCUT2D eigenvalue weighted by molar-refractivity contribution is -0.120. The van der Waals surface area contributed by atoms with Crippen LogP contribution in [0.3, 0.4) is 0 Å². The summed E-state index contributed by atoms with van der Waals surface area (Å²) in [5.74, 6) is 0.689. The van der Waals surface area contributed by atoms with Crippen molar-refractivity contribution < 1.29 is 4.79 Å². The number of tetrazole rings is 1. The minimum atomic E-state index is -0.182. The van der Waals surface area contributed by atoms with Gasteiger partial charge in [-0.3, -0.25) is 4.79 Å². The maximum atomic E-state index is 11.9. The van der Waals surface area contributed by atoms with Crippen LogP contribution in [0.2, 0.25) is 0 Å². The topological polar surface area (TPSA) is 84.7 Å². The molecule has 0 radical (unpaired) electrons. The van der Waals surface area contributed by atoms with Crippen molar-refractivity contribution in [3.63, 3.8) is 0 Å². The normalized spacial score (nSPS) is 16.2. The lowest BCUT2D eigenvalue weighted by Gasteiger charge is -2.11. The van der Waals surface area contributed by atoms with Crippen molar-refractivity contribution in [2.75, 3.05) is 13.1 Å². The minimum absolute atomic E-state index is 0.0648. The molecule has 0 saturated heterocycles. The summed E-state index contributed by atoms with van der Waals surface area (Å²) < 4.78 is 1.75. The summed E-state index contributed by atoms with van der Waals surface area (Å²) in [5, 5.41) is 18.6. The first-order chi connectivity index (χ1) is 10.1. The number of amides is 1. The fourth-order valence-corrected chi connectivity index (χ4v) is 2.58. The monoisotopic (exact) mass is 312 g/mol. The Morgan fingerprint density at radius 3 is 2.86 bits per heavy atom. The van der Waals surface area contributed by atoms with E-state index in [0.717, 1.165) is 25.9 Å². The first kappa shape index (κ1) is 16.2. The fourth-order valence-electron chi connectivity index (χ4n) is 1.75. The molecule has 0 aliphatic heterocycles. The molecule has 1 unspecified atom stereocenters. The van der Waals surface area contributed by atoms with Crippen LogP contribution >= 0.6 is 11.8 Å². The number of carbonyl (C=O) groups excluding carboxylic acids is 1. The first-order valence-electron chi connectivity index (χ1n) is 7.50. The third-order valence-electron chi connectivity index (χ3n) is 3.13. The quantitative estimate of drug-likeness (QED) is 0.515. The largest absolute Gasteiger partial charge is 0.352 e. The molecule has 8 heteroatoms. The van der Waals surface area contributed by atoms with Crippen LogP contribution in [0, 0.1) is 5.92 Å². The molecule has 0 aromatic carbocycles. The molecule has 118 valence electrons. The zero-order chi connectivity index (χ0) is 15.2. The Morgan fingerprint density at radius 1 is 1.43 bits per heavy atom. The summed E-state index contributed by atoms with van der Waals surface area (Å²) in [4.78, 5) is 11.9.